The Bertz CT molecular complexity index is 104. The molecule has 0 saturated heterocycles. The van der Waals surface area contributed by atoms with Crippen LogP contribution in [0.5, 0.6) is 0 Å². The third-order valence-electron chi connectivity index (χ3n) is 1.23. The molecule has 0 fully saturated rings. The van der Waals surface area contributed by atoms with E-state index in [1.54, 1.807) is 0 Å². The molecule has 0 heterocycles. The van der Waals surface area contributed by atoms with Crippen LogP contribution in [0.25, 0.3) is 0 Å². The Labute approximate surface area is 81.8 Å². The minimum Gasteiger partial charge on any atom is -0.466 e. The Morgan fingerprint density at radius 2 is 2.18 bits per heavy atom. The number of hydrogen-bond donors (Lipinski definition) is 0. The molecular formula is C8H15IO2. The highest BCUT2D eigenvalue weighted by molar-refractivity contribution is 14.1. The Balaban J connectivity index is 3.09. The van der Waals surface area contributed by atoms with E-state index >= 15 is 0 Å². The monoisotopic (exact) mass is 270 g/mol. The summed E-state index contributed by atoms with van der Waals surface area (Å²) in [6, 6.07) is 0. The fraction of sp³-hybridized carbons (Fsp3) is 0.875. The van der Waals surface area contributed by atoms with Crippen molar-refractivity contribution >= 4 is 28.6 Å². The lowest BCUT2D eigenvalue weighted by molar-refractivity contribution is -0.143. The lowest BCUT2D eigenvalue weighted by atomic mass is 10.2. The highest BCUT2D eigenvalue weighted by Gasteiger charge is 1.99. The van der Waals surface area contributed by atoms with Gasteiger partial charge in [0.05, 0.1) is 6.61 Å². The van der Waals surface area contributed by atoms with E-state index in [4.69, 9.17) is 4.74 Å². The van der Waals surface area contributed by atoms with E-state index < -0.39 is 0 Å². The number of carbonyl (C=O) groups is 1. The first-order valence-corrected chi connectivity index (χ1v) is 5.55. The number of rotatable bonds is 6. The molecule has 0 amide bonds. The highest BCUT2D eigenvalue weighted by Crippen LogP contribution is 2.00. The van der Waals surface area contributed by atoms with Gasteiger partial charge < -0.3 is 4.74 Å². The minimum atomic E-state index is -0.0447. The summed E-state index contributed by atoms with van der Waals surface area (Å²) in [6.45, 7) is 2.57. The van der Waals surface area contributed by atoms with Crippen LogP contribution in [0, 0.1) is 0 Å². The SMILES string of the molecule is CCCOC(=O)CCCCI. The fourth-order valence-corrected chi connectivity index (χ4v) is 1.19. The number of esters is 1. The normalized spacial score (nSPS) is 9.64. The Kier molecular flexibility index (Phi) is 8.45. The minimum absolute atomic E-state index is 0.0447. The molecule has 3 heteroatoms. The number of alkyl halides is 1. The summed E-state index contributed by atoms with van der Waals surface area (Å²) in [4.78, 5) is 10.9. The topological polar surface area (TPSA) is 26.3 Å². The highest BCUT2D eigenvalue weighted by atomic mass is 127. The molecule has 0 bridgehead atoms. The molecule has 0 unspecified atom stereocenters. The van der Waals surface area contributed by atoms with E-state index in [0.29, 0.717) is 13.0 Å². The van der Waals surface area contributed by atoms with Crippen molar-refractivity contribution < 1.29 is 9.53 Å². The molecule has 0 N–H and O–H groups in total. The molecule has 0 saturated carbocycles. The van der Waals surface area contributed by atoms with E-state index in [9.17, 15) is 4.79 Å². The second-order valence-electron chi connectivity index (χ2n) is 2.37. The third kappa shape index (κ3) is 8.10. The lowest BCUT2D eigenvalue weighted by Crippen LogP contribution is -2.04. The molecule has 0 aliphatic rings. The van der Waals surface area contributed by atoms with Crippen LogP contribution < -0.4 is 0 Å². The molecule has 66 valence electrons. The maximum atomic E-state index is 10.9. The van der Waals surface area contributed by atoms with Crippen LogP contribution >= 0.6 is 22.6 Å². The maximum absolute atomic E-state index is 10.9. The second-order valence-corrected chi connectivity index (χ2v) is 3.45. The standard InChI is InChI=1S/C8H15IO2/c1-2-7-11-8(10)5-3-4-6-9/h2-7H2,1H3. The van der Waals surface area contributed by atoms with Gasteiger partial charge in [-0.2, -0.15) is 0 Å². The summed E-state index contributed by atoms with van der Waals surface area (Å²) in [7, 11) is 0. The van der Waals surface area contributed by atoms with Crippen LogP contribution in [0.1, 0.15) is 32.6 Å². The first-order valence-electron chi connectivity index (χ1n) is 4.02. The summed E-state index contributed by atoms with van der Waals surface area (Å²) in [5.74, 6) is -0.0447. The fourth-order valence-electron chi connectivity index (χ4n) is 0.652. The van der Waals surface area contributed by atoms with Gasteiger partial charge in [0.15, 0.2) is 0 Å². The first-order chi connectivity index (χ1) is 5.31. The maximum Gasteiger partial charge on any atom is 0.305 e. The van der Waals surface area contributed by atoms with E-state index in [1.165, 1.54) is 0 Å². The van der Waals surface area contributed by atoms with Crippen molar-refractivity contribution in [2.45, 2.75) is 32.6 Å². The first kappa shape index (κ1) is 11.2. The third-order valence-corrected chi connectivity index (χ3v) is 1.99. The van der Waals surface area contributed by atoms with Crippen molar-refractivity contribution in [1.82, 2.24) is 0 Å². The zero-order valence-corrected chi connectivity index (χ0v) is 9.09. The smallest absolute Gasteiger partial charge is 0.305 e. The molecule has 11 heavy (non-hydrogen) atoms. The summed E-state index contributed by atoms with van der Waals surface area (Å²) >= 11 is 2.31. The molecule has 0 aliphatic heterocycles. The largest absolute Gasteiger partial charge is 0.466 e. The summed E-state index contributed by atoms with van der Waals surface area (Å²) in [5.41, 5.74) is 0. The molecule has 0 aromatic heterocycles. The molecule has 0 aromatic rings. The van der Waals surface area contributed by atoms with Crippen molar-refractivity contribution in [2.75, 3.05) is 11.0 Å². The summed E-state index contributed by atoms with van der Waals surface area (Å²) < 4.78 is 6.02. The predicted octanol–water partition coefficient (Wildman–Crippen LogP) is 2.54. The van der Waals surface area contributed by atoms with Crippen LogP contribution in [0.4, 0.5) is 0 Å². The molecule has 2 nitrogen and oxygen atoms in total. The lowest BCUT2D eigenvalue weighted by Gasteiger charge is -2.00. The van der Waals surface area contributed by atoms with Gasteiger partial charge in [-0.3, -0.25) is 4.79 Å². The number of carbonyl (C=O) groups excluding carboxylic acids is 1. The molecular weight excluding hydrogens is 255 g/mol. The predicted molar refractivity (Wildman–Crippen MR) is 54.0 cm³/mol. The molecule has 0 atom stereocenters. The Hall–Kier alpha value is 0.200. The van der Waals surface area contributed by atoms with Gasteiger partial charge in [-0.05, 0) is 23.7 Å². The Morgan fingerprint density at radius 3 is 2.73 bits per heavy atom. The Morgan fingerprint density at radius 1 is 1.45 bits per heavy atom. The van der Waals surface area contributed by atoms with Crippen molar-refractivity contribution in [2.24, 2.45) is 0 Å². The van der Waals surface area contributed by atoms with Gasteiger partial charge in [-0.1, -0.05) is 29.5 Å². The van der Waals surface area contributed by atoms with Crippen LogP contribution in [0.3, 0.4) is 0 Å². The van der Waals surface area contributed by atoms with Gasteiger partial charge in [0.2, 0.25) is 0 Å². The number of halogens is 1. The van der Waals surface area contributed by atoms with Crippen LogP contribution in [-0.2, 0) is 9.53 Å². The zero-order chi connectivity index (χ0) is 8.53. The van der Waals surface area contributed by atoms with Crippen LogP contribution in [-0.4, -0.2) is 17.0 Å². The summed E-state index contributed by atoms with van der Waals surface area (Å²) in [5, 5.41) is 0. The number of ether oxygens (including phenoxy) is 1. The van der Waals surface area contributed by atoms with Gasteiger partial charge in [-0.25, -0.2) is 0 Å². The average Bonchev–Trinajstić information content (AvgIpc) is 2.01. The van der Waals surface area contributed by atoms with E-state index in [1.807, 2.05) is 6.92 Å². The zero-order valence-electron chi connectivity index (χ0n) is 6.94. The van der Waals surface area contributed by atoms with Crippen molar-refractivity contribution in [3.05, 3.63) is 0 Å². The van der Waals surface area contributed by atoms with Crippen molar-refractivity contribution in [1.29, 1.82) is 0 Å². The van der Waals surface area contributed by atoms with Crippen molar-refractivity contribution in [3.63, 3.8) is 0 Å². The van der Waals surface area contributed by atoms with E-state index in [0.717, 1.165) is 23.7 Å². The van der Waals surface area contributed by atoms with Crippen molar-refractivity contribution in [3.8, 4) is 0 Å². The molecule has 0 rings (SSSR count). The molecule has 0 aromatic carbocycles. The van der Waals surface area contributed by atoms with Crippen LogP contribution in [0.15, 0.2) is 0 Å². The van der Waals surface area contributed by atoms with Crippen LogP contribution in [0.2, 0.25) is 0 Å². The molecule has 0 radical (unpaired) electrons. The van der Waals surface area contributed by atoms with Gasteiger partial charge in [0.1, 0.15) is 0 Å². The van der Waals surface area contributed by atoms with E-state index in [-0.39, 0.29) is 5.97 Å². The average molecular weight is 270 g/mol. The summed E-state index contributed by atoms with van der Waals surface area (Å²) in [6.07, 6.45) is 3.58. The second kappa shape index (κ2) is 8.30. The molecule has 0 spiro atoms. The van der Waals surface area contributed by atoms with Gasteiger partial charge in [0.25, 0.3) is 0 Å². The molecule has 0 aliphatic carbocycles. The van der Waals surface area contributed by atoms with Gasteiger partial charge in [0, 0.05) is 6.42 Å². The number of hydrogen-bond acceptors (Lipinski definition) is 2. The van der Waals surface area contributed by atoms with Gasteiger partial charge >= 0.3 is 5.97 Å². The number of unbranched alkanes of at least 4 members (excludes halogenated alkanes) is 1. The van der Waals surface area contributed by atoms with E-state index in [2.05, 4.69) is 22.6 Å². The quantitative estimate of drug-likeness (QED) is 0.321. The van der Waals surface area contributed by atoms with Gasteiger partial charge in [-0.15, -0.1) is 0 Å².